The van der Waals surface area contributed by atoms with Crippen molar-refractivity contribution in [2.45, 2.75) is 32.7 Å². The first kappa shape index (κ1) is 13.9. The summed E-state index contributed by atoms with van der Waals surface area (Å²) in [7, 11) is 0. The van der Waals surface area contributed by atoms with E-state index < -0.39 is 0 Å². The van der Waals surface area contributed by atoms with E-state index in [0.29, 0.717) is 12.1 Å². The highest BCUT2D eigenvalue weighted by Crippen LogP contribution is 2.19. The fourth-order valence-electron chi connectivity index (χ4n) is 1.95. The summed E-state index contributed by atoms with van der Waals surface area (Å²) in [6.45, 7) is 2.84. The van der Waals surface area contributed by atoms with Gasteiger partial charge in [0.15, 0.2) is 5.78 Å². The van der Waals surface area contributed by atoms with Gasteiger partial charge in [0.2, 0.25) is 0 Å². The molecule has 0 aliphatic rings. The summed E-state index contributed by atoms with van der Waals surface area (Å²) < 4.78 is 2.56. The Bertz CT molecular complexity index is 551. The molecule has 0 unspecified atom stereocenters. The van der Waals surface area contributed by atoms with Crippen LogP contribution in [0.25, 0.3) is 0 Å². The second kappa shape index (κ2) is 6.61. The average molecular weight is 322 g/mol. The van der Waals surface area contributed by atoms with Gasteiger partial charge >= 0.3 is 0 Å². The first-order chi connectivity index (χ1) is 9.22. The summed E-state index contributed by atoms with van der Waals surface area (Å²) in [5.41, 5.74) is 1.80. The number of halogens is 1. The predicted octanol–water partition coefficient (Wildman–Crippen LogP) is 3.27. The molecular formula is C14H16BrN3O. The molecule has 2 rings (SSSR count). The van der Waals surface area contributed by atoms with Crippen molar-refractivity contribution < 1.29 is 4.79 Å². The van der Waals surface area contributed by atoms with Gasteiger partial charge < -0.3 is 0 Å². The van der Waals surface area contributed by atoms with E-state index in [4.69, 9.17) is 0 Å². The molecule has 0 saturated heterocycles. The molecule has 0 bridgehead atoms. The molecule has 100 valence electrons. The SMILES string of the molecule is CCCn1ncc(Br)c1C(=O)CCc1ccncc1. The molecule has 0 N–H and O–H groups in total. The first-order valence-corrected chi connectivity index (χ1v) is 7.15. The number of nitrogens with zero attached hydrogens (tertiary/aromatic N) is 3. The van der Waals surface area contributed by atoms with Crippen molar-refractivity contribution in [2.75, 3.05) is 0 Å². The van der Waals surface area contributed by atoms with Crippen LogP contribution < -0.4 is 0 Å². The zero-order valence-corrected chi connectivity index (χ0v) is 12.4. The molecule has 0 saturated carbocycles. The molecule has 0 radical (unpaired) electrons. The molecule has 19 heavy (non-hydrogen) atoms. The van der Waals surface area contributed by atoms with E-state index in [1.807, 2.05) is 12.1 Å². The van der Waals surface area contributed by atoms with E-state index in [1.54, 1.807) is 23.3 Å². The van der Waals surface area contributed by atoms with Crippen LogP contribution in [0.15, 0.2) is 35.2 Å². The van der Waals surface area contributed by atoms with Gasteiger partial charge in [-0.3, -0.25) is 14.5 Å². The highest BCUT2D eigenvalue weighted by molar-refractivity contribution is 9.10. The maximum Gasteiger partial charge on any atom is 0.182 e. The molecule has 0 spiro atoms. The van der Waals surface area contributed by atoms with E-state index in [-0.39, 0.29) is 5.78 Å². The third kappa shape index (κ3) is 3.50. The number of hydrogen-bond donors (Lipinski definition) is 0. The first-order valence-electron chi connectivity index (χ1n) is 6.35. The summed E-state index contributed by atoms with van der Waals surface area (Å²) in [5.74, 6) is 0.120. The van der Waals surface area contributed by atoms with Gasteiger partial charge in [-0.2, -0.15) is 5.10 Å². The molecule has 0 aliphatic carbocycles. The molecule has 4 nitrogen and oxygen atoms in total. The average Bonchev–Trinajstić information content (AvgIpc) is 2.79. The zero-order chi connectivity index (χ0) is 13.7. The fraction of sp³-hybridized carbons (Fsp3) is 0.357. The Kier molecular flexibility index (Phi) is 4.85. The summed E-state index contributed by atoms with van der Waals surface area (Å²) in [4.78, 5) is 16.3. The third-order valence-corrected chi connectivity index (χ3v) is 3.46. The van der Waals surface area contributed by atoms with Gasteiger partial charge in [-0.15, -0.1) is 0 Å². The molecule has 2 aromatic rings. The van der Waals surface area contributed by atoms with Gasteiger partial charge in [0.05, 0.1) is 10.7 Å². The minimum atomic E-state index is 0.120. The normalized spacial score (nSPS) is 10.6. The number of rotatable bonds is 6. The molecular weight excluding hydrogens is 306 g/mol. The standard InChI is InChI=1S/C14H16BrN3O/c1-2-9-18-14(12(15)10-17-18)13(19)4-3-11-5-7-16-8-6-11/h5-8,10H,2-4,9H2,1H3. The number of carbonyl (C=O) groups is 1. The van der Waals surface area contributed by atoms with Crippen molar-refractivity contribution in [1.82, 2.24) is 14.8 Å². The van der Waals surface area contributed by atoms with Crippen LogP contribution in [0.1, 0.15) is 35.8 Å². The van der Waals surface area contributed by atoms with Crippen molar-refractivity contribution in [2.24, 2.45) is 0 Å². The fourth-order valence-corrected chi connectivity index (χ4v) is 2.46. The second-order valence-corrected chi connectivity index (χ2v) is 5.20. The van der Waals surface area contributed by atoms with E-state index in [1.165, 1.54) is 0 Å². The van der Waals surface area contributed by atoms with E-state index >= 15 is 0 Å². The zero-order valence-electron chi connectivity index (χ0n) is 10.8. The quantitative estimate of drug-likeness (QED) is 0.767. The van der Waals surface area contributed by atoms with Gasteiger partial charge in [-0.25, -0.2) is 0 Å². The van der Waals surface area contributed by atoms with Crippen molar-refractivity contribution in [3.05, 3.63) is 46.5 Å². The molecule has 0 aromatic carbocycles. The smallest absolute Gasteiger partial charge is 0.182 e. The number of Topliss-reactive ketones (excluding diaryl/α,β-unsaturated/α-hetero) is 1. The molecule has 2 heterocycles. The van der Waals surface area contributed by atoms with E-state index in [0.717, 1.165) is 29.4 Å². The number of hydrogen-bond acceptors (Lipinski definition) is 3. The van der Waals surface area contributed by atoms with Crippen LogP contribution in [0.5, 0.6) is 0 Å². The van der Waals surface area contributed by atoms with E-state index in [9.17, 15) is 4.79 Å². The molecule has 0 atom stereocenters. The lowest BCUT2D eigenvalue weighted by molar-refractivity contribution is 0.0971. The molecule has 2 aromatic heterocycles. The van der Waals surface area contributed by atoms with Crippen molar-refractivity contribution in [3.8, 4) is 0 Å². The van der Waals surface area contributed by atoms with Crippen LogP contribution in [-0.4, -0.2) is 20.5 Å². The van der Waals surface area contributed by atoms with Crippen LogP contribution >= 0.6 is 15.9 Å². The highest BCUT2D eigenvalue weighted by Gasteiger charge is 2.16. The van der Waals surface area contributed by atoms with Crippen LogP contribution in [-0.2, 0) is 13.0 Å². The van der Waals surface area contributed by atoms with Crippen molar-refractivity contribution in [3.63, 3.8) is 0 Å². The molecule has 0 aliphatic heterocycles. The Morgan fingerprint density at radius 2 is 2.11 bits per heavy atom. The van der Waals surface area contributed by atoms with Crippen LogP contribution in [0.4, 0.5) is 0 Å². The van der Waals surface area contributed by atoms with Crippen molar-refractivity contribution >= 4 is 21.7 Å². The lowest BCUT2D eigenvalue weighted by Gasteiger charge is -2.06. The molecule has 0 fully saturated rings. The Labute approximate surface area is 121 Å². The third-order valence-electron chi connectivity index (χ3n) is 2.88. The van der Waals surface area contributed by atoms with E-state index in [2.05, 4.69) is 32.9 Å². The maximum absolute atomic E-state index is 12.3. The number of carbonyl (C=O) groups excluding carboxylic acids is 1. The molecule has 0 amide bonds. The van der Waals surface area contributed by atoms with Gasteiger partial charge in [-0.1, -0.05) is 6.92 Å². The van der Waals surface area contributed by atoms with Gasteiger partial charge in [0.1, 0.15) is 5.69 Å². The second-order valence-electron chi connectivity index (χ2n) is 4.34. The maximum atomic E-state index is 12.3. The van der Waals surface area contributed by atoms with Gasteiger partial charge in [0.25, 0.3) is 0 Å². The number of pyridine rings is 1. The van der Waals surface area contributed by atoms with Crippen molar-refractivity contribution in [1.29, 1.82) is 0 Å². The summed E-state index contributed by atoms with van der Waals surface area (Å²) in [6.07, 6.45) is 7.35. The largest absolute Gasteiger partial charge is 0.292 e. The summed E-state index contributed by atoms with van der Waals surface area (Å²) in [6, 6.07) is 3.87. The van der Waals surface area contributed by atoms with Crippen LogP contribution in [0, 0.1) is 0 Å². The lowest BCUT2D eigenvalue weighted by Crippen LogP contribution is -2.11. The minimum absolute atomic E-state index is 0.120. The Hall–Kier alpha value is -1.49. The van der Waals surface area contributed by atoms with Gasteiger partial charge in [0, 0.05) is 25.4 Å². The summed E-state index contributed by atoms with van der Waals surface area (Å²) >= 11 is 3.40. The Balaban J connectivity index is 2.06. The van der Waals surface area contributed by atoms with Crippen LogP contribution in [0.3, 0.4) is 0 Å². The Morgan fingerprint density at radius 3 is 2.79 bits per heavy atom. The number of ketones is 1. The predicted molar refractivity (Wildman–Crippen MR) is 77.1 cm³/mol. The van der Waals surface area contributed by atoms with Crippen LogP contribution in [0.2, 0.25) is 0 Å². The topological polar surface area (TPSA) is 47.8 Å². The summed E-state index contributed by atoms with van der Waals surface area (Å²) in [5, 5.41) is 4.22. The highest BCUT2D eigenvalue weighted by atomic mass is 79.9. The minimum Gasteiger partial charge on any atom is -0.292 e. The number of aryl methyl sites for hydroxylation is 2. The molecule has 5 heteroatoms. The van der Waals surface area contributed by atoms with Gasteiger partial charge in [-0.05, 0) is 46.5 Å². The Morgan fingerprint density at radius 1 is 1.37 bits per heavy atom. The number of aromatic nitrogens is 3. The lowest BCUT2D eigenvalue weighted by atomic mass is 10.1. The monoisotopic (exact) mass is 321 g/mol.